The third-order valence-electron chi connectivity index (χ3n) is 6.23. The highest BCUT2D eigenvalue weighted by Gasteiger charge is 2.57. The maximum Gasteiger partial charge on any atom is 0.330 e. The number of hydrogen-bond acceptors (Lipinski definition) is 7. The first-order valence-electron chi connectivity index (χ1n) is 10.3. The predicted octanol–water partition coefficient (Wildman–Crippen LogP) is 2.03. The highest BCUT2D eigenvalue weighted by atomic mass is 28.4. The van der Waals surface area contributed by atoms with Gasteiger partial charge in [0.15, 0.2) is 20.3 Å². The SMILES string of the molecule is C[C@@H](O)c1cc(=O)[nH]c(=O)n1[C@@H]1O[C@H](CO[Si](C)(C)C(C)(C)C)[C@H]2OC(C)(C)O[C@H]21. The van der Waals surface area contributed by atoms with E-state index in [4.69, 9.17) is 18.6 Å². The largest absolute Gasteiger partial charge is 0.414 e. The molecule has 3 rings (SSSR count). The van der Waals surface area contributed by atoms with Gasteiger partial charge in [0, 0.05) is 6.07 Å². The van der Waals surface area contributed by atoms with Gasteiger partial charge in [0.2, 0.25) is 0 Å². The van der Waals surface area contributed by atoms with E-state index >= 15 is 0 Å². The average Bonchev–Trinajstić information content (AvgIpc) is 3.04. The van der Waals surface area contributed by atoms with Gasteiger partial charge in [-0.1, -0.05) is 20.8 Å². The van der Waals surface area contributed by atoms with Crippen LogP contribution in [-0.2, 0) is 18.6 Å². The molecule has 5 atom stereocenters. The van der Waals surface area contributed by atoms with E-state index in [1.807, 2.05) is 0 Å². The maximum absolute atomic E-state index is 12.7. The lowest BCUT2D eigenvalue weighted by Gasteiger charge is -2.37. The fourth-order valence-electron chi connectivity index (χ4n) is 3.62. The molecule has 3 heterocycles. The molecule has 10 heteroatoms. The van der Waals surface area contributed by atoms with Gasteiger partial charge in [0.25, 0.3) is 5.56 Å². The van der Waals surface area contributed by atoms with Crippen molar-refractivity contribution in [2.75, 3.05) is 6.61 Å². The average molecular weight is 443 g/mol. The van der Waals surface area contributed by atoms with Crippen LogP contribution in [0.1, 0.15) is 59.6 Å². The summed E-state index contributed by atoms with van der Waals surface area (Å²) in [6.45, 7) is 16.2. The second kappa shape index (κ2) is 7.68. The highest BCUT2D eigenvalue weighted by molar-refractivity contribution is 6.74. The molecule has 0 bridgehead atoms. The van der Waals surface area contributed by atoms with E-state index in [1.54, 1.807) is 13.8 Å². The van der Waals surface area contributed by atoms with E-state index < -0.39 is 56.0 Å². The molecular weight excluding hydrogens is 408 g/mol. The number of nitrogens with one attached hydrogen (secondary N) is 1. The number of aromatic nitrogens is 2. The van der Waals surface area contributed by atoms with E-state index in [-0.39, 0.29) is 10.7 Å². The Hall–Kier alpha value is -1.30. The van der Waals surface area contributed by atoms with Crippen LogP contribution in [0.4, 0.5) is 0 Å². The van der Waals surface area contributed by atoms with Crippen molar-refractivity contribution in [3.8, 4) is 0 Å². The fraction of sp³-hybridized carbons (Fsp3) is 0.800. The fourth-order valence-corrected chi connectivity index (χ4v) is 4.63. The van der Waals surface area contributed by atoms with Crippen molar-refractivity contribution in [1.82, 2.24) is 9.55 Å². The van der Waals surface area contributed by atoms with Crippen LogP contribution >= 0.6 is 0 Å². The highest BCUT2D eigenvalue weighted by Crippen LogP contribution is 2.44. The molecule has 0 aliphatic carbocycles. The van der Waals surface area contributed by atoms with Gasteiger partial charge in [-0.2, -0.15) is 0 Å². The van der Waals surface area contributed by atoms with Crippen molar-refractivity contribution in [1.29, 1.82) is 0 Å². The zero-order valence-electron chi connectivity index (χ0n) is 19.0. The van der Waals surface area contributed by atoms with Gasteiger partial charge in [-0.3, -0.25) is 14.3 Å². The predicted molar refractivity (Wildman–Crippen MR) is 113 cm³/mol. The van der Waals surface area contributed by atoms with Gasteiger partial charge in [0.05, 0.1) is 18.4 Å². The molecule has 2 saturated heterocycles. The summed E-state index contributed by atoms with van der Waals surface area (Å²) in [7, 11) is -2.03. The Morgan fingerprint density at radius 1 is 1.27 bits per heavy atom. The van der Waals surface area contributed by atoms with Crippen LogP contribution in [0, 0.1) is 0 Å². The summed E-state index contributed by atoms with van der Waals surface area (Å²) in [5.41, 5.74) is -1.09. The zero-order valence-corrected chi connectivity index (χ0v) is 20.0. The minimum Gasteiger partial charge on any atom is -0.414 e. The molecule has 0 amide bonds. The summed E-state index contributed by atoms with van der Waals surface area (Å²) < 4.78 is 26.0. The third kappa shape index (κ3) is 4.34. The Morgan fingerprint density at radius 3 is 2.43 bits per heavy atom. The smallest absolute Gasteiger partial charge is 0.330 e. The van der Waals surface area contributed by atoms with Crippen LogP contribution in [0.15, 0.2) is 15.7 Å². The summed E-state index contributed by atoms with van der Waals surface area (Å²) in [5, 5.41) is 10.2. The van der Waals surface area contributed by atoms with Crippen molar-refractivity contribution in [3.05, 3.63) is 32.6 Å². The van der Waals surface area contributed by atoms with Gasteiger partial charge < -0.3 is 23.7 Å². The number of aliphatic hydroxyl groups is 1. The molecule has 9 nitrogen and oxygen atoms in total. The van der Waals surface area contributed by atoms with Gasteiger partial charge in [0.1, 0.15) is 18.3 Å². The van der Waals surface area contributed by atoms with E-state index in [1.165, 1.54) is 17.6 Å². The number of nitrogens with zero attached hydrogens (tertiary/aromatic N) is 1. The number of ether oxygens (including phenoxy) is 3. The second-order valence-corrected chi connectivity index (χ2v) is 14.9. The van der Waals surface area contributed by atoms with Gasteiger partial charge in [-0.25, -0.2) is 4.79 Å². The lowest BCUT2D eigenvalue weighted by atomic mass is 10.1. The van der Waals surface area contributed by atoms with Gasteiger partial charge >= 0.3 is 5.69 Å². The summed E-state index contributed by atoms with van der Waals surface area (Å²) in [6, 6.07) is 1.20. The van der Waals surface area contributed by atoms with Crippen LogP contribution in [0.3, 0.4) is 0 Å². The summed E-state index contributed by atoms with van der Waals surface area (Å²) >= 11 is 0. The van der Waals surface area contributed by atoms with E-state index in [9.17, 15) is 14.7 Å². The maximum atomic E-state index is 12.7. The first kappa shape index (κ1) is 23.4. The monoisotopic (exact) mass is 442 g/mol. The zero-order chi connectivity index (χ0) is 22.6. The van der Waals surface area contributed by atoms with Crippen LogP contribution in [0.5, 0.6) is 0 Å². The summed E-state index contributed by atoms with van der Waals surface area (Å²) in [5.74, 6) is -0.858. The molecule has 0 aromatic carbocycles. The molecule has 0 unspecified atom stereocenters. The number of H-pyrrole nitrogens is 1. The molecule has 1 aromatic heterocycles. The van der Waals surface area contributed by atoms with E-state index in [0.29, 0.717) is 6.61 Å². The molecule has 0 saturated carbocycles. The Labute approximate surface area is 177 Å². The Morgan fingerprint density at radius 2 is 1.87 bits per heavy atom. The Kier molecular flexibility index (Phi) is 5.98. The molecule has 2 fully saturated rings. The molecule has 0 radical (unpaired) electrons. The normalized spacial score (nSPS) is 29.8. The van der Waals surface area contributed by atoms with Crippen LogP contribution in [0.25, 0.3) is 0 Å². The molecule has 2 aliphatic heterocycles. The lowest BCUT2D eigenvalue weighted by molar-refractivity contribution is -0.200. The molecular formula is C20H34N2O7Si. The molecule has 2 N–H and O–H groups in total. The van der Waals surface area contributed by atoms with Crippen LogP contribution < -0.4 is 11.2 Å². The Balaban J connectivity index is 1.95. The van der Waals surface area contributed by atoms with Crippen molar-refractivity contribution in [2.24, 2.45) is 0 Å². The number of fused-ring (bicyclic) bond motifs is 1. The summed E-state index contributed by atoms with van der Waals surface area (Å²) in [4.78, 5) is 26.7. The lowest BCUT2D eigenvalue weighted by Crippen LogP contribution is -2.44. The molecule has 170 valence electrons. The topological polar surface area (TPSA) is 112 Å². The van der Waals surface area contributed by atoms with Gasteiger partial charge in [-0.05, 0) is 38.9 Å². The molecule has 1 aromatic rings. The van der Waals surface area contributed by atoms with E-state index in [0.717, 1.165) is 0 Å². The minimum absolute atomic E-state index is 0.0338. The molecule has 2 aliphatic rings. The van der Waals surface area contributed by atoms with Crippen molar-refractivity contribution in [2.45, 2.75) is 96.1 Å². The number of aliphatic hydroxyl groups excluding tert-OH is 1. The molecule has 0 spiro atoms. The molecule has 30 heavy (non-hydrogen) atoms. The Bertz CT molecular complexity index is 900. The number of hydrogen-bond donors (Lipinski definition) is 2. The van der Waals surface area contributed by atoms with Crippen molar-refractivity contribution < 1.29 is 23.7 Å². The first-order valence-corrected chi connectivity index (χ1v) is 13.2. The number of rotatable bonds is 5. The van der Waals surface area contributed by atoms with Crippen LogP contribution in [0.2, 0.25) is 18.1 Å². The van der Waals surface area contributed by atoms with Crippen molar-refractivity contribution >= 4 is 8.32 Å². The second-order valence-electron chi connectivity index (χ2n) is 10.1. The third-order valence-corrected chi connectivity index (χ3v) is 10.7. The number of aromatic amines is 1. The quantitative estimate of drug-likeness (QED) is 0.671. The summed E-state index contributed by atoms with van der Waals surface area (Å²) in [6.07, 6.45) is -3.40. The minimum atomic E-state index is -2.03. The van der Waals surface area contributed by atoms with Gasteiger partial charge in [-0.15, -0.1) is 0 Å². The standard InChI is InChI=1S/C20H34N2O7Si/c1-11(23)12-9-14(24)21-18(25)22(12)17-16-15(28-20(5,6)29-16)13(27-17)10-26-30(7,8)19(2,3)4/h9,11,13,15-17,23H,10H2,1-8H3,(H,21,24,25)/t11-,13-,15-,16-,17-/m1/s1. The van der Waals surface area contributed by atoms with Crippen molar-refractivity contribution in [3.63, 3.8) is 0 Å². The van der Waals surface area contributed by atoms with E-state index in [2.05, 4.69) is 38.8 Å². The first-order chi connectivity index (χ1) is 13.6. The van der Waals surface area contributed by atoms with Crippen LogP contribution in [-0.4, -0.2) is 53.7 Å².